The van der Waals surface area contributed by atoms with Crippen molar-refractivity contribution in [2.24, 2.45) is 0 Å². The fourth-order valence-corrected chi connectivity index (χ4v) is 3.15. The van der Waals surface area contributed by atoms with Crippen LogP contribution in [0.2, 0.25) is 0 Å². The van der Waals surface area contributed by atoms with Gasteiger partial charge in [-0.05, 0) is 12.1 Å². The molecule has 20 heavy (non-hydrogen) atoms. The zero-order valence-corrected chi connectivity index (χ0v) is 11.3. The van der Waals surface area contributed by atoms with Crippen molar-refractivity contribution >= 4 is 22.3 Å². The van der Waals surface area contributed by atoms with Gasteiger partial charge in [-0.25, -0.2) is 0 Å². The highest BCUT2D eigenvalue weighted by molar-refractivity contribution is 5.88. The van der Waals surface area contributed by atoms with Crippen LogP contribution >= 0.6 is 0 Å². The lowest BCUT2D eigenvalue weighted by atomic mass is 10.0. The molecule has 0 unspecified atom stereocenters. The summed E-state index contributed by atoms with van der Waals surface area (Å²) in [6.45, 7) is 3.21. The molecule has 6 heteroatoms. The van der Waals surface area contributed by atoms with Crippen LogP contribution in [0.25, 0.3) is 10.9 Å². The number of hydrogen-bond acceptors (Lipinski definition) is 5. The molecule has 0 amide bonds. The van der Waals surface area contributed by atoms with Crippen LogP contribution in [0.5, 0.6) is 0 Å². The van der Waals surface area contributed by atoms with E-state index in [9.17, 15) is 0 Å². The van der Waals surface area contributed by atoms with E-state index in [0.29, 0.717) is 13.2 Å². The van der Waals surface area contributed by atoms with E-state index in [1.165, 1.54) is 0 Å². The molecule has 2 saturated heterocycles. The standard InChI is InChI=1S/C14H18N4O2/c15-11-7-10-9-16-17-12(10)8-13(11)18-3-1-14(2-4-18)19-5-6-20-14/h7-9H,1-6,15H2,(H,16,17). The first-order valence-corrected chi connectivity index (χ1v) is 7.01. The summed E-state index contributed by atoms with van der Waals surface area (Å²) in [6, 6.07) is 4.05. The third kappa shape index (κ3) is 1.83. The topological polar surface area (TPSA) is 76.4 Å². The third-order valence-electron chi connectivity index (χ3n) is 4.27. The van der Waals surface area contributed by atoms with Gasteiger partial charge < -0.3 is 20.1 Å². The van der Waals surface area contributed by atoms with E-state index in [1.807, 2.05) is 6.07 Å². The zero-order chi connectivity index (χ0) is 13.6. The molecule has 1 aromatic carbocycles. The van der Waals surface area contributed by atoms with Crippen molar-refractivity contribution in [1.82, 2.24) is 10.2 Å². The molecule has 0 aliphatic carbocycles. The Labute approximate surface area is 116 Å². The molecule has 3 N–H and O–H groups in total. The van der Waals surface area contributed by atoms with Gasteiger partial charge >= 0.3 is 0 Å². The predicted octanol–water partition coefficient (Wildman–Crippen LogP) is 1.49. The largest absolute Gasteiger partial charge is 0.397 e. The summed E-state index contributed by atoms with van der Waals surface area (Å²) in [5.41, 5.74) is 9.05. The molecule has 106 valence electrons. The van der Waals surface area contributed by atoms with Crippen molar-refractivity contribution in [2.75, 3.05) is 36.9 Å². The first-order valence-electron chi connectivity index (χ1n) is 7.01. The molecular weight excluding hydrogens is 256 g/mol. The number of hydrogen-bond donors (Lipinski definition) is 2. The van der Waals surface area contributed by atoms with Crippen LogP contribution < -0.4 is 10.6 Å². The maximum absolute atomic E-state index is 6.18. The monoisotopic (exact) mass is 274 g/mol. The van der Waals surface area contributed by atoms with E-state index in [0.717, 1.165) is 48.2 Å². The number of piperidine rings is 1. The normalized spacial score (nSPS) is 21.9. The molecule has 2 fully saturated rings. The first kappa shape index (κ1) is 12.0. The van der Waals surface area contributed by atoms with Gasteiger partial charge in [0, 0.05) is 31.3 Å². The number of nitrogens with one attached hydrogen (secondary N) is 1. The van der Waals surface area contributed by atoms with Gasteiger partial charge in [-0.15, -0.1) is 0 Å². The Bertz CT molecular complexity index is 623. The van der Waals surface area contributed by atoms with Crippen LogP contribution in [0, 0.1) is 0 Å². The predicted molar refractivity (Wildman–Crippen MR) is 76.6 cm³/mol. The van der Waals surface area contributed by atoms with Gasteiger partial charge in [-0.3, -0.25) is 5.10 Å². The summed E-state index contributed by atoms with van der Waals surface area (Å²) < 4.78 is 11.5. The van der Waals surface area contributed by atoms with Gasteiger partial charge in [-0.2, -0.15) is 5.10 Å². The van der Waals surface area contributed by atoms with Crippen LogP contribution in [0.4, 0.5) is 11.4 Å². The number of aromatic amines is 1. The van der Waals surface area contributed by atoms with Crippen molar-refractivity contribution < 1.29 is 9.47 Å². The first-order chi connectivity index (χ1) is 9.76. The highest BCUT2D eigenvalue weighted by atomic mass is 16.7. The average Bonchev–Trinajstić information content (AvgIpc) is 3.08. The van der Waals surface area contributed by atoms with E-state index in [4.69, 9.17) is 15.2 Å². The third-order valence-corrected chi connectivity index (χ3v) is 4.27. The summed E-state index contributed by atoms with van der Waals surface area (Å²) in [5, 5.41) is 8.08. The molecule has 2 aromatic rings. The molecule has 0 saturated carbocycles. The number of rotatable bonds is 1. The number of benzene rings is 1. The van der Waals surface area contributed by atoms with Crippen LogP contribution in [-0.4, -0.2) is 42.3 Å². The highest BCUT2D eigenvalue weighted by Gasteiger charge is 2.40. The number of anilines is 2. The molecule has 0 bridgehead atoms. The number of nitrogens with two attached hydrogens (primary N) is 1. The van der Waals surface area contributed by atoms with Crippen molar-refractivity contribution in [3.63, 3.8) is 0 Å². The fraction of sp³-hybridized carbons (Fsp3) is 0.500. The Hall–Kier alpha value is -1.79. The fourth-order valence-electron chi connectivity index (χ4n) is 3.15. The van der Waals surface area contributed by atoms with Crippen molar-refractivity contribution in [1.29, 1.82) is 0 Å². The molecule has 1 aromatic heterocycles. The minimum absolute atomic E-state index is 0.344. The maximum atomic E-state index is 6.18. The highest BCUT2D eigenvalue weighted by Crippen LogP contribution is 2.36. The second-order valence-corrected chi connectivity index (χ2v) is 5.46. The number of aromatic nitrogens is 2. The van der Waals surface area contributed by atoms with Gasteiger partial charge in [-0.1, -0.05) is 0 Å². The molecule has 0 atom stereocenters. The lowest BCUT2D eigenvalue weighted by molar-refractivity contribution is -0.169. The van der Waals surface area contributed by atoms with Crippen LogP contribution in [-0.2, 0) is 9.47 Å². The Morgan fingerprint density at radius 2 is 1.95 bits per heavy atom. The summed E-state index contributed by atoms with van der Waals surface area (Å²) in [4.78, 5) is 2.30. The molecule has 6 nitrogen and oxygen atoms in total. The van der Waals surface area contributed by atoms with Crippen molar-refractivity contribution in [3.05, 3.63) is 18.3 Å². The van der Waals surface area contributed by atoms with Crippen LogP contribution in [0.1, 0.15) is 12.8 Å². The van der Waals surface area contributed by atoms with Gasteiger partial charge in [0.25, 0.3) is 0 Å². The lowest BCUT2D eigenvalue weighted by Crippen LogP contribution is -2.45. The van der Waals surface area contributed by atoms with E-state index >= 15 is 0 Å². The molecule has 4 rings (SSSR count). The van der Waals surface area contributed by atoms with Gasteiger partial charge in [0.2, 0.25) is 0 Å². The summed E-state index contributed by atoms with van der Waals surface area (Å²) in [6.07, 6.45) is 3.56. The minimum atomic E-state index is -0.344. The molecular formula is C14H18N4O2. The van der Waals surface area contributed by atoms with Crippen molar-refractivity contribution in [2.45, 2.75) is 18.6 Å². The number of nitrogen functional groups attached to an aromatic ring is 1. The summed E-state index contributed by atoms with van der Waals surface area (Å²) >= 11 is 0. The SMILES string of the molecule is Nc1cc2cn[nH]c2cc1N1CCC2(CC1)OCCO2. The Morgan fingerprint density at radius 3 is 2.70 bits per heavy atom. The Kier molecular flexibility index (Phi) is 2.61. The van der Waals surface area contributed by atoms with Crippen LogP contribution in [0.15, 0.2) is 18.3 Å². The minimum Gasteiger partial charge on any atom is -0.397 e. The zero-order valence-electron chi connectivity index (χ0n) is 11.3. The second kappa shape index (κ2) is 4.36. The molecule has 2 aliphatic rings. The lowest BCUT2D eigenvalue weighted by Gasteiger charge is -2.39. The number of nitrogens with zero attached hydrogens (tertiary/aromatic N) is 2. The molecule has 1 spiro atoms. The average molecular weight is 274 g/mol. The summed E-state index contributed by atoms with van der Waals surface area (Å²) in [7, 11) is 0. The van der Waals surface area contributed by atoms with Gasteiger partial charge in [0.15, 0.2) is 5.79 Å². The molecule has 0 radical (unpaired) electrons. The van der Waals surface area contributed by atoms with E-state index in [2.05, 4.69) is 21.2 Å². The Balaban J connectivity index is 1.59. The Morgan fingerprint density at radius 1 is 1.20 bits per heavy atom. The van der Waals surface area contributed by atoms with Gasteiger partial charge in [0.05, 0.1) is 36.3 Å². The van der Waals surface area contributed by atoms with E-state index < -0.39 is 0 Å². The molecule has 2 aliphatic heterocycles. The quantitative estimate of drug-likeness (QED) is 0.770. The summed E-state index contributed by atoms with van der Waals surface area (Å²) in [5.74, 6) is -0.344. The second-order valence-electron chi connectivity index (χ2n) is 5.46. The van der Waals surface area contributed by atoms with Crippen LogP contribution in [0.3, 0.4) is 0 Å². The smallest absolute Gasteiger partial charge is 0.171 e. The van der Waals surface area contributed by atoms with Gasteiger partial charge in [0.1, 0.15) is 0 Å². The van der Waals surface area contributed by atoms with E-state index in [1.54, 1.807) is 6.20 Å². The number of fused-ring (bicyclic) bond motifs is 1. The molecule has 3 heterocycles. The van der Waals surface area contributed by atoms with E-state index in [-0.39, 0.29) is 5.79 Å². The van der Waals surface area contributed by atoms with Crippen molar-refractivity contribution in [3.8, 4) is 0 Å². The number of ether oxygens (including phenoxy) is 2. The maximum Gasteiger partial charge on any atom is 0.171 e. The number of H-pyrrole nitrogens is 1.